The summed E-state index contributed by atoms with van der Waals surface area (Å²) in [6.45, 7) is 0. The van der Waals surface area contributed by atoms with Crippen molar-refractivity contribution in [3.8, 4) is 0 Å². The first kappa shape index (κ1) is 12.4. The van der Waals surface area contributed by atoms with Crippen molar-refractivity contribution in [1.29, 1.82) is 0 Å². The van der Waals surface area contributed by atoms with E-state index in [0.29, 0.717) is 12.1 Å². The molecule has 8 heteroatoms. The van der Waals surface area contributed by atoms with E-state index in [0.717, 1.165) is 6.07 Å². The van der Waals surface area contributed by atoms with Crippen molar-refractivity contribution in [2.24, 2.45) is 0 Å². The lowest BCUT2D eigenvalue weighted by molar-refractivity contribution is -0.0437. The van der Waals surface area contributed by atoms with E-state index in [2.05, 4.69) is 15.9 Å². The van der Waals surface area contributed by atoms with Crippen LogP contribution in [0.3, 0.4) is 0 Å². The van der Waals surface area contributed by atoms with Gasteiger partial charge >= 0.3 is 5.51 Å². The zero-order chi connectivity index (χ0) is 11.9. The third kappa shape index (κ3) is 2.31. The van der Waals surface area contributed by atoms with Crippen molar-refractivity contribution in [2.45, 2.75) is 10.4 Å². The summed E-state index contributed by atoms with van der Waals surface area (Å²) >= 11 is 2.80. The summed E-state index contributed by atoms with van der Waals surface area (Å²) in [5.74, 6) is -1.44. The van der Waals surface area contributed by atoms with Crippen LogP contribution in [0, 0.1) is 5.82 Å². The van der Waals surface area contributed by atoms with Crippen molar-refractivity contribution in [1.82, 2.24) is 0 Å². The molecule has 1 aromatic carbocycles. The Balaban J connectivity index is 3.42. The Morgan fingerprint density at radius 2 is 1.73 bits per heavy atom. The van der Waals surface area contributed by atoms with Gasteiger partial charge in [-0.15, -0.1) is 0 Å². The molecule has 0 aliphatic rings. The van der Waals surface area contributed by atoms with Gasteiger partial charge in [0.25, 0.3) is 9.84 Å². The van der Waals surface area contributed by atoms with Gasteiger partial charge in [-0.05, 0) is 18.2 Å². The van der Waals surface area contributed by atoms with Gasteiger partial charge in [0.05, 0.1) is 0 Å². The van der Waals surface area contributed by atoms with Gasteiger partial charge in [0.2, 0.25) is 0 Å². The second-order valence-electron chi connectivity index (χ2n) is 2.52. The highest BCUT2D eigenvalue weighted by Crippen LogP contribution is 2.32. The molecule has 0 amide bonds. The monoisotopic (exact) mass is 306 g/mol. The number of alkyl halides is 3. The maximum absolute atomic E-state index is 13.0. The van der Waals surface area contributed by atoms with E-state index in [9.17, 15) is 26.0 Å². The highest BCUT2D eigenvalue weighted by Gasteiger charge is 2.48. The molecule has 0 radical (unpaired) electrons. The first-order chi connectivity index (χ1) is 6.66. The van der Waals surface area contributed by atoms with Crippen LogP contribution >= 0.6 is 15.9 Å². The molecule has 0 unspecified atom stereocenters. The Morgan fingerprint density at radius 1 is 1.20 bits per heavy atom. The normalized spacial score (nSPS) is 12.9. The number of benzene rings is 1. The van der Waals surface area contributed by atoms with Gasteiger partial charge < -0.3 is 0 Å². The Morgan fingerprint density at radius 3 is 2.13 bits per heavy atom. The molecule has 0 N–H and O–H groups in total. The van der Waals surface area contributed by atoms with Gasteiger partial charge in [-0.25, -0.2) is 12.8 Å². The van der Waals surface area contributed by atoms with E-state index in [4.69, 9.17) is 0 Å². The van der Waals surface area contributed by atoms with Crippen LogP contribution < -0.4 is 0 Å². The summed E-state index contributed by atoms with van der Waals surface area (Å²) in [5, 5.41) is 0. The van der Waals surface area contributed by atoms with Gasteiger partial charge in [0, 0.05) is 4.47 Å². The van der Waals surface area contributed by atoms with Crippen LogP contribution in [0.5, 0.6) is 0 Å². The highest BCUT2D eigenvalue weighted by molar-refractivity contribution is 9.10. The van der Waals surface area contributed by atoms with Crippen LogP contribution in [0.2, 0.25) is 0 Å². The van der Waals surface area contributed by atoms with E-state index in [1.54, 1.807) is 0 Å². The van der Waals surface area contributed by atoms with Gasteiger partial charge in [-0.1, -0.05) is 15.9 Å². The van der Waals surface area contributed by atoms with Crippen LogP contribution in [0.1, 0.15) is 0 Å². The summed E-state index contributed by atoms with van der Waals surface area (Å²) < 4.78 is 70.8. The van der Waals surface area contributed by atoms with E-state index in [1.807, 2.05) is 0 Å². The van der Waals surface area contributed by atoms with Crippen molar-refractivity contribution in [3.63, 3.8) is 0 Å². The fourth-order valence-corrected chi connectivity index (χ4v) is 1.96. The zero-order valence-corrected chi connectivity index (χ0v) is 9.25. The highest BCUT2D eigenvalue weighted by atomic mass is 79.9. The van der Waals surface area contributed by atoms with Crippen molar-refractivity contribution in [3.05, 3.63) is 28.5 Å². The number of hydrogen-bond acceptors (Lipinski definition) is 2. The molecular weight excluding hydrogens is 304 g/mol. The summed E-state index contributed by atoms with van der Waals surface area (Å²) in [6, 6.07) is 2.22. The van der Waals surface area contributed by atoms with Gasteiger partial charge in [-0.3, -0.25) is 0 Å². The molecule has 0 bridgehead atoms. The molecule has 0 saturated carbocycles. The number of halogens is 5. The maximum atomic E-state index is 13.0. The third-order valence-corrected chi connectivity index (χ3v) is 3.50. The molecule has 84 valence electrons. The number of hydrogen-bond donors (Lipinski definition) is 0. The molecule has 0 aromatic heterocycles. The quantitative estimate of drug-likeness (QED) is 0.748. The lowest BCUT2D eigenvalue weighted by Gasteiger charge is -2.08. The number of rotatable bonds is 1. The molecule has 0 spiro atoms. The van der Waals surface area contributed by atoms with E-state index < -0.39 is 26.1 Å². The first-order valence-corrected chi connectivity index (χ1v) is 5.70. The average molecular weight is 307 g/mol. The molecule has 0 fully saturated rings. The average Bonchev–Trinajstić information content (AvgIpc) is 2.00. The molecule has 0 heterocycles. The summed E-state index contributed by atoms with van der Waals surface area (Å²) in [5.41, 5.74) is -5.50. The Hall–Kier alpha value is -0.630. The van der Waals surface area contributed by atoms with Crippen LogP contribution in [0.15, 0.2) is 27.6 Å². The van der Waals surface area contributed by atoms with Crippen molar-refractivity contribution < 1.29 is 26.0 Å². The lowest BCUT2D eigenvalue weighted by atomic mass is 10.3. The fourth-order valence-electron chi connectivity index (χ4n) is 0.818. The second-order valence-corrected chi connectivity index (χ2v) is 5.35. The molecule has 1 aromatic rings. The Kier molecular flexibility index (Phi) is 3.11. The Bertz CT molecular complexity index is 480. The molecule has 0 saturated heterocycles. The molecule has 0 atom stereocenters. The fraction of sp³-hybridized carbons (Fsp3) is 0.143. The largest absolute Gasteiger partial charge is 0.502 e. The SMILES string of the molecule is O=S(=O)(c1ccc(Br)cc1F)C(F)(F)F. The summed E-state index contributed by atoms with van der Waals surface area (Å²) in [7, 11) is -5.62. The minimum absolute atomic E-state index is 0.154. The molecule has 15 heavy (non-hydrogen) atoms. The maximum Gasteiger partial charge on any atom is 0.502 e. The predicted octanol–water partition coefficient (Wildman–Crippen LogP) is 2.88. The molecule has 2 nitrogen and oxygen atoms in total. The summed E-state index contributed by atoms with van der Waals surface area (Å²) in [4.78, 5) is -1.38. The zero-order valence-electron chi connectivity index (χ0n) is 6.85. The standard InChI is InChI=1S/C7H3BrF4O2S/c8-4-1-2-6(5(9)3-4)15(13,14)7(10,11)12/h1-3H. The van der Waals surface area contributed by atoms with Crippen molar-refractivity contribution >= 4 is 25.8 Å². The topological polar surface area (TPSA) is 34.1 Å². The molecular formula is C7H3BrF4O2S. The van der Waals surface area contributed by atoms with Gasteiger partial charge in [0.1, 0.15) is 10.7 Å². The lowest BCUT2D eigenvalue weighted by Crippen LogP contribution is -2.24. The van der Waals surface area contributed by atoms with Crippen LogP contribution in [-0.2, 0) is 9.84 Å². The Labute approximate surface area is 91.0 Å². The van der Waals surface area contributed by atoms with Crippen molar-refractivity contribution in [2.75, 3.05) is 0 Å². The van der Waals surface area contributed by atoms with Crippen LogP contribution in [0.4, 0.5) is 17.6 Å². The molecule has 0 aliphatic heterocycles. The first-order valence-electron chi connectivity index (χ1n) is 3.42. The smallest absolute Gasteiger partial charge is 0.214 e. The van der Waals surface area contributed by atoms with Gasteiger partial charge in [0.15, 0.2) is 0 Å². The third-order valence-electron chi connectivity index (χ3n) is 1.49. The van der Waals surface area contributed by atoms with Crippen LogP contribution in [-0.4, -0.2) is 13.9 Å². The summed E-state index contributed by atoms with van der Waals surface area (Å²) in [6.07, 6.45) is 0. The van der Waals surface area contributed by atoms with Gasteiger partial charge in [-0.2, -0.15) is 13.2 Å². The van der Waals surface area contributed by atoms with Crippen LogP contribution in [0.25, 0.3) is 0 Å². The predicted molar refractivity (Wildman–Crippen MR) is 47.3 cm³/mol. The second kappa shape index (κ2) is 3.75. The van der Waals surface area contributed by atoms with E-state index in [1.165, 1.54) is 0 Å². The number of sulfone groups is 1. The minimum atomic E-state index is -5.62. The molecule has 1 rings (SSSR count). The van der Waals surface area contributed by atoms with E-state index >= 15 is 0 Å². The van der Waals surface area contributed by atoms with E-state index in [-0.39, 0.29) is 4.47 Å². The molecule has 0 aliphatic carbocycles. The minimum Gasteiger partial charge on any atom is -0.214 e.